The minimum absolute atomic E-state index is 0.246. The number of carbonyl (C=O) groups is 1. The number of methoxy groups -OCH3 is 1. The van der Waals surface area contributed by atoms with Gasteiger partial charge in [-0.3, -0.25) is 4.79 Å². The molecule has 0 bridgehead atoms. The Kier molecular flexibility index (Phi) is 5.68. The number of carbonyl (C=O) groups excluding carboxylic acids is 1. The van der Waals surface area contributed by atoms with Crippen molar-refractivity contribution in [2.24, 2.45) is 0 Å². The lowest BCUT2D eigenvalue weighted by Gasteiger charge is -2.33. The van der Waals surface area contributed by atoms with E-state index in [0.717, 1.165) is 35.8 Å². The first-order chi connectivity index (χ1) is 14.0. The second-order valence-corrected chi connectivity index (χ2v) is 10.5. The van der Waals surface area contributed by atoms with E-state index in [9.17, 15) is 13.2 Å². The van der Waals surface area contributed by atoms with Crippen LogP contribution in [0.5, 0.6) is 0 Å². The van der Waals surface area contributed by atoms with E-state index in [1.165, 1.54) is 28.3 Å². The van der Waals surface area contributed by atoms with Crippen LogP contribution in [0.15, 0.2) is 41.3 Å². The molecule has 0 aliphatic carbocycles. The number of nitrogens with zero attached hydrogens (tertiary/aromatic N) is 2. The first-order valence-electron chi connectivity index (χ1n) is 9.98. The number of rotatable bonds is 5. The predicted molar refractivity (Wildman–Crippen MR) is 114 cm³/mol. The largest absolute Gasteiger partial charge is 0.468 e. The summed E-state index contributed by atoms with van der Waals surface area (Å²) < 4.78 is 32.2. The van der Waals surface area contributed by atoms with Gasteiger partial charge in [-0.25, -0.2) is 8.42 Å². The zero-order chi connectivity index (χ0) is 20.6. The Hall–Kier alpha value is -1.90. The van der Waals surface area contributed by atoms with Gasteiger partial charge in [-0.2, -0.15) is 4.31 Å². The van der Waals surface area contributed by atoms with Gasteiger partial charge in [0.05, 0.1) is 23.6 Å². The van der Waals surface area contributed by atoms with Crippen LogP contribution < -0.4 is 4.90 Å². The monoisotopic (exact) mass is 434 g/mol. The Labute approximate surface area is 176 Å². The smallest absolute Gasteiger partial charge is 0.324 e. The van der Waals surface area contributed by atoms with Gasteiger partial charge in [-0.1, -0.05) is 37.3 Å². The molecule has 1 aromatic heterocycles. The quantitative estimate of drug-likeness (QED) is 0.673. The third-order valence-corrected chi connectivity index (χ3v) is 9.16. The molecule has 1 saturated heterocycles. The standard InChI is InChI=1S/C21H26N2O4S2/c1-3-17(21(24)27-2)23-14-18-19(29(23,25)26)13-20(28-18)22-11-9-16(10-12-22)15-7-5-4-6-8-15/h4-8,13,16-17H,3,9-12,14H2,1-2H3. The highest BCUT2D eigenvalue weighted by molar-refractivity contribution is 7.89. The molecule has 6 nitrogen and oxygen atoms in total. The number of thiophene rings is 1. The fourth-order valence-electron chi connectivity index (χ4n) is 4.30. The fourth-order valence-corrected chi connectivity index (χ4v) is 7.73. The summed E-state index contributed by atoms with van der Waals surface area (Å²) in [4.78, 5) is 15.5. The molecule has 4 rings (SSSR count). The lowest BCUT2D eigenvalue weighted by molar-refractivity contribution is -0.145. The van der Waals surface area contributed by atoms with Crippen molar-refractivity contribution in [2.45, 2.75) is 49.6 Å². The van der Waals surface area contributed by atoms with Crippen molar-refractivity contribution in [1.29, 1.82) is 0 Å². The molecule has 0 N–H and O–H groups in total. The van der Waals surface area contributed by atoms with E-state index in [0.29, 0.717) is 17.2 Å². The van der Waals surface area contributed by atoms with Crippen LogP contribution in [0.3, 0.4) is 0 Å². The predicted octanol–water partition coefficient (Wildman–Crippen LogP) is 3.59. The van der Waals surface area contributed by atoms with E-state index in [1.807, 2.05) is 6.07 Å². The Balaban J connectivity index is 1.48. The SMILES string of the molecule is CCC(C(=O)OC)N1Cc2sc(N3CCC(c4ccccc4)CC3)cc2S1(=O)=O. The van der Waals surface area contributed by atoms with Gasteiger partial charge < -0.3 is 9.64 Å². The van der Waals surface area contributed by atoms with E-state index < -0.39 is 22.0 Å². The van der Waals surface area contributed by atoms with Gasteiger partial charge in [0, 0.05) is 18.0 Å². The maximum Gasteiger partial charge on any atom is 0.324 e. The van der Waals surface area contributed by atoms with E-state index in [2.05, 4.69) is 29.2 Å². The van der Waals surface area contributed by atoms with Crippen LogP contribution in [0.1, 0.15) is 42.5 Å². The molecule has 29 heavy (non-hydrogen) atoms. The highest BCUT2D eigenvalue weighted by Gasteiger charge is 2.43. The van der Waals surface area contributed by atoms with E-state index in [4.69, 9.17) is 4.74 Å². The lowest BCUT2D eigenvalue weighted by Crippen LogP contribution is -2.41. The Morgan fingerprint density at radius 3 is 2.52 bits per heavy atom. The summed E-state index contributed by atoms with van der Waals surface area (Å²) in [5, 5.41) is 1.01. The third kappa shape index (κ3) is 3.69. The number of piperidine rings is 1. The Morgan fingerprint density at radius 2 is 1.93 bits per heavy atom. The van der Waals surface area contributed by atoms with Crippen molar-refractivity contribution < 1.29 is 17.9 Å². The molecule has 0 spiro atoms. The number of sulfonamides is 1. The molecule has 2 aliphatic heterocycles. The highest BCUT2D eigenvalue weighted by atomic mass is 32.2. The first-order valence-corrected chi connectivity index (χ1v) is 12.2. The number of ether oxygens (including phenoxy) is 1. The molecule has 2 aliphatic rings. The number of hydrogen-bond acceptors (Lipinski definition) is 6. The van der Waals surface area contributed by atoms with Gasteiger partial charge in [0.25, 0.3) is 0 Å². The molecule has 1 fully saturated rings. The molecule has 0 amide bonds. The van der Waals surface area contributed by atoms with Crippen molar-refractivity contribution in [3.05, 3.63) is 46.8 Å². The summed E-state index contributed by atoms with van der Waals surface area (Å²) in [6.45, 7) is 3.88. The van der Waals surface area contributed by atoms with Crippen LogP contribution in [0.25, 0.3) is 0 Å². The summed E-state index contributed by atoms with van der Waals surface area (Å²) in [7, 11) is -2.38. The molecule has 0 radical (unpaired) electrons. The maximum atomic E-state index is 13.0. The minimum atomic E-state index is -3.67. The van der Waals surface area contributed by atoms with Crippen LogP contribution in [0, 0.1) is 0 Å². The second kappa shape index (κ2) is 8.08. The topological polar surface area (TPSA) is 66.9 Å². The molecule has 156 valence electrons. The molecule has 1 atom stereocenters. The number of benzene rings is 1. The van der Waals surface area contributed by atoms with Crippen molar-refractivity contribution in [1.82, 2.24) is 4.31 Å². The van der Waals surface area contributed by atoms with E-state index >= 15 is 0 Å². The van der Waals surface area contributed by atoms with Crippen molar-refractivity contribution >= 4 is 32.3 Å². The van der Waals surface area contributed by atoms with E-state index in [-0.39, 0.29) is 6.54 Å². The molecule has 3 heterocycles. The van der Waals surface area contributed by atoms with Crippen LogP contribution in [0.4, 0.5) is 5.00 Å². The number of esters is 1. The maximum absolute atomic E-state index is 13.0. The lowest BCUT2D eigenvalue weighted by atomic mass is 9.90. The zero-order valence-electron chi connectivity index (χ0n) is 16.7. The van der Waals surface area contributed by atoms with Crippen LogP contribution >= 0.6 is 11.3 Å². The van der Waals surface area contributed by atoms with E-state index in [1.54, 1.807) is 13.0 Å². The number of anilines is 1. The average molecular weight is 435 g/mol. The first kappa shape index (κ1) is 20.4. The van der Waals surface area contributed by atoms with Gasteiger partial charge in [0.15, 0.2) is 0 Å². The summed E-state index contributed by atoms with van der Waals surface area (Å²) in [5.74, 6) is 0.0540. The average Bonchev–Trinajstić information content (AvgIpc) is 3.28. The van der Waals surface area contributed by atoms with Crippen LogP contribution in [-0.2, 0) is 26.1 Å². The molecule has 2 aromatic rings. The number of hydrogen-bond donors (Lipinski definition) is 0. The summed E-state index contributed by atoms with van der Waals surface area (Å²) >= 11 is 1.53. The molecule has 8 heteroatoms. The Morgan fingerprint density at radius 1 is 1.24 bits per heavy atom. The molecule has 1 unspecified atom stereocenters. The van der Waals surface area contributed by atoms with Gasteiger partial charge in [-0.05, 0) is 36.8 Å². The molecular weight excluding hydrogens is 408 g/mol. The van der Waals surface area contributed by atoms with Gasteiger partial charge >= 0.3 is 5.97 Å². The second-order valence-electron chi connectivity index (χ2n) is 7.54. The highest BCUT2D eigenvalue weighted by Crippen LogP contribution is 2.43. The van der Waals surface area contributed by atoms with Crippen molar-refractivity contribution in [3.8, 4) is 0 Å². The minimum Gasteiger partial charge on any atom is -0.468 e. The summed E-state index contributed by atoms with van der Waals surface area (Å²) in [6, 6.07) is 11.6. The summed E-state index contributed by atoms with van der Waals surface area (Å²) in [6.07, 6.45) is 2.51. The zero-order valence-corrected chi connectivity index (χ0v) is 18.3. The van der Waals surface area contributed by atoms with Crippen LogP contribution in [-0.4, -0.2) is 44.9 Å². The van der Waals surface area contributed by atoms with Gasteiger partial charge in [0.1, 0.15) is 6.04 Å². The Bertz CT molecular complexity index is 979. The van der Waals surface area contributed by atoms with Crippen LogP contribution in [0.2, 0.25) is 0 Å². The normalized spacial score (nSPS) is 20.4. The number of fused-ring (bicyclic) bond motifs is 1. The fraction of sp³-hybridized carbons (Fsp3) is 0.476. The van der Waals surface area contributed by atoms with Gasteiger partial charge in [0.2, 0.25) is 10.0 Å². The molecular formula is C21H26N2O4S2. The summed E-state index contributed by atoms with van der Waals surface area (Å²) in [5.41, 5.74) is 1.38. The molecule has 1 aromatic carbocycles. The molecule has 0 saturated carbocycles. The third-order valence-electron chi connectivity index (χ3n) is 5.93. The van der Waals surface area contributed by atoms with Gasteiger partial charge in [-0.15, -0.1) is 11.3 Å². The van der Waals surface area contributed by atoms with Crippen molar-refractivity contribution in [3.63, 3.8) is 0 Å². The van der Waals surface area contributed by atoms with Crippen molar-refractivity contribution in [2.75, 3.05) is 25.1 Å².